The smallest absolute Gasteiger partial charge is 0.303 e. The standard InChI is InChI=1S/C12H26O4.C9H20O4.C4H6O4/c1-5-6-14-8-11(3)16-9-12(4)15-7-10(2)13;1-7(11)5-12-9(3)6-13-8(2)4-10;5-3(6)1-2-4(7)8/h10-13H,5-9H2,1-4H3;7-11H,4-6H2,1-3H3;1-2H2,(H,5,6)(H,7,8). The molecule has 0 aromatic heterocycles. The molecule has 12 heteroatoms. The zero-order chi connectivity index (χ0) is 29.2. The van der Waals surface area contributed by atoms with Crippen LogP contribution in [0.1, 0.15) is 67.7 Å². The number of hydrogen-bond donors (Lipinski definition) is 5. The van der Waals surface area contributed by atoms with E-state index < -0.39 is 24.1 Å². The first kappa shape index (κ1) is 40.1. The summed E-state index contributed by atoms with van der Waals surface area (Å²) in [5.41, 5.74) is 0. The quantitative estimate of drug-likeness (QED) is 0.140. The molecule has 0 aliphatic heterocycles. The Bertz CT molecular complexity index is 502. The van der Waals surface area contributed by atoms with Crippen molar-refractivity contribution in [3.63, 3.8) is 0 Å². The van der Waals surface area contributed by atoms with Crippen LogP contribution >= 0.6 is 0 Å². The predicted molar refractivity (Wildman–Crippen MR) is 138 cm³/mol. The van der Waals surface area contributed by atoms with E-state index in [1.54, 1.807) is 20.8 Å². The maximum absolute atomic E-state index is 9.64. The molecule has 0 radical (unpaired) electrons. The molecule has 0 amide bonds. The van der Waals surface area contributed by atoms with Crippen LogP contribution in [-0.4, -0.2) is 120 Å². The van der Waals surface area contributed by atoms with Gasteiger partial charge in [-0.1, -0.05) is 6.92 Å². The number of rotatable bonds is 20. The van der Waals surface area contributed by atoms with Gasteiger partial charge in [0.2, 0.25) is 0 Å². The summed E-state index contributed by atoms with van der Waals surface area (Å²) in [7, 11) is 0. The number of hydrogen-bond acceptors (Lipinski definition) is 10. The minimum Gasteiger partial charge on any atom is -0.481 e. The van der Waals surface area contributed by atoms with E-state index in [1.807, 2.05) is 20.8 Å². The average molecular weight is 545 g/mol. The molecule has 5 N–H and O–H groups in total. The van der Waals surface area contributed by atoms with Gasteiger partial charge in [0.25, 0.3) is 0 Å². The van der Waals surface area contributed by atoms with E-state index in [0.29, 0.717) is 33.0 Å². The first-order valence-corrected chi connectivity index (χ1v) is 12.7. The van der Waals surface area contributed by atoms with Crippen molar-refractivity contribution in [3.05, 3.63) is 0 Å². The van der Waals surface area contributed by atoms with Gasteiger partial charge >= 0.3 is 11.9 Å². The van der Waals surface area contributed by atoms with Crippen LogP contribution in [0.15, 0.2) is 0 Å². The molecule has 0 aromatic carbocycles. The third-order valence-electron chi connectivity index (χ3n) is 3.99. The molecule has 6 unspecified atom stereocenters. The summed E-state index contributed by atoms with van der Waals surface area (Å²) in [6, 6.07) is 0. The lowest BCUT2D eigenvalue weighted by molar-refractivity contribution is -0.143. The van der Waals surface area contributed by atoms with Crippen LogP contribution in [0, 0.1) is 0 Å². The molecule has 0 saturated heterocycles. The highest BCUT2D eigenvalue weighted by atomic mass is 16.6. The lowest BCUT2D eigenvalue weighted by atomic mass is 10.3. The number of ether oxygens (including phenoxy) is 5. The molecule has 224 valence electrons. The minimum absolute atomic E-state index is 0.00299. The second kappa shape index (κ2) is 27.6. The third-order valence-corrected chi connectivity index (χ3v) is 3.99. The van der Waals surface area contributed by atoms with Crippen molar-refractivity contribution in [3.8, 4) is 0 Å². The molecular formula is C25H52O12. The molecule has 0 heterocycles. The second-order valence-electron chi connectivity index (χ2n) is 8.82. The highest BCUT2D eigenvalue weighted by Crippen LogP contribution is 1.99. The molecular weight excluding hydrogens is 492 g/mol. The van der Waals surface area contributed by atoms with Crippen LogP contribution in [-0.2, 0) is 33.3 Å². The van der Waals surface area contributed by atoms with Crippen molar-refractivity contribution < 1.29 is 58.8 Å². The van der Waals surface area contributed by atoms with E-state index in [-0.39, 0.29) is 43.9 Å². The fourth-order valence-corrected chi connectivity index (χ4v) is 2.01. The van der Waals surface area contributed by atoms with Crippen LogP contribution in [0.25, 0.3) is 0 Å². The number of aliphatic hydroxyl groups excluding tert-OH is 3. The maximum atomic E-state index is 9.64. The van der Waals surface area contributed by atoms with Gasteiger partial charge in [-0.05, 0) is 48.0 Å². The Kier molecular flexibility index (Phi) is 30.0. The van der Waals surface area contributed by atoms with Gasteiger partial charge in [0.1, 0.15) is 0 Å². The number of carboxylic acid groups (broad SMARTS) is 2. The SMILES string of the molecule is CC(O)COC(C)COC(C)CO.CCCOCC(C)OCC(C)OCC(C)O.O=C(O)CCC(=O)O. The highest BCUT2D eigenvalue weighted by Gasteiger charge is 2.09. The van der Waals surface area contributed by atoms with Crippen LogP contribution < -0.4 is 0 Å². The molecule has 12 nitrogen and oxygen atoms in total. The molecule has 0 aliphatic carbocycles. The average Bonchev–Trinajstić information content (AvgIpc) is 2.83. The van der Waals surface area contributed by atoms with Crippen LogP contribution in [0.3, 0.4) is 0 Å². The molecule has 0 spiro atoms. The van der Waals surface area contributed by atoms with Crippen LogP contribution in [0.2, 0.25) is 0 Å². The van der Waals surface area contributed by atoms with Crippen LogP contribution in [0.5, 0.6) is 0 Å². The van der Waals surface area contributed by atoms with Gasteiger partial charge < -0.3 is 49.2 Å². The largest absolute Gasteiger partial charge is 0.481 e. The Morgan fingerprint density at radius 2 is 0.973 bits per heavy atom. The van der Waals surface area contributed by atoms with Crippen molar-refractivity contribution in [1.29, 1.82) is 0 Å². The molecule has 37 heavy (non-hydrogen) atoms. The maximum Gasteiger partial charge on any atom is 0.303 e. The molecule has 0 aliphatic rings. The van der Waals surface area contributed by atoms with E-state index in [1.165, 1.54) is 0 Å². The summed E-state index contributed by atoms with van der Waals surface area (Å²) < 4.78 is 26.8. The Labute approximate surface area is 221 Å². The Morgan fingerprint density at radius 1 is 0.622 bits per heavy atom. The van der Waals surface area contributed by atoms with Gasteiger partial charge in [0, 0.05) is 6.61 Å². The van der Waals surface area contributed by atoms with Crippen molar-refractivity contribution in [2.75, 3.05) is 46.2 Å². The summed E-state index contributed by atoms with van der Waals surface area (Å²) in [6.07, 6.45) is -0.551. The first-order chi connectivity index (χ1) is 17.2. The zero-order valence-corrected chi connectivity index (χ0v) is 23.6. The number of carbonyl (C=O) groups is 2. The minimum atomic E-state index is -1.08. The highest BCUT2D eigenvalue weighted by molar-refractivity contribution is 5.75. The third kappa shape index (κ3) is 39.3. The zero-order valence-electron chi connectivity index (χ0n) is 23.6. The number of carboxylic acids is 2. The van der Waals surface area contributed by atoms with E-state index in [2.05, 4.69) is 6.92 Å². The first-order valence-electron chi connectivity index (χ1n) is 12.7. The Balaban J connectivity index is -0.000000495. The lowest BCUT2D eigenvalue weighted by Gasteiger charge is -2.18. The van der Waals surface area contributed by atoms with Gasteiger partial charge in [0.15, 0.2) is 0 Å². The molecule has 0 bridgehead atoms. The summed E-state index contributed by atoms with van der Waals surface area (Å²) in [6.45, 7) is 16.1. The van der Waals surface area contributed by atoms with Gasteiger partial charge in [-0.3, -0.25) is 9.59 Å². The molecule has 6 atom stereocenters. The molecule has 0 saturated carbocycles. The summed E-state index contributed by atoms with van der Waals surface area (Å²) in [5.74, 6) is -2.15. The van der Waals surface area contributed by atoms with Gasteiger partial charge in [0.05, 0.1) is 89.1 Å². The Hall–Kier alpha value is -1.38. The van der Waals surface area contributed by atoms with Crippen LogP contribution in [0.4, 0.5) is 0 Å². The number of aliphatic hydroxyl groups is 3. The summed E-state index contributed by atoms with van der Waals surface area (Å²) in [4.78, 5) is 19.3. The fraction of sp³-hybridized carbons (Fsp3) is 0.920. The second-order valence-corrected chi connectivity index (χ2v) is 8.82. The molecule has 0 rings (SSSR count). The monoisotopic (exact) mass is 544 g/mol. The van der Waals surface area contributed by atoms with E-state index in [4.69, 9.17) is 49.2 Å². The van der Waals surface area contributed by atoms with Crippen molar-refractivity contribution in [2.45, 2.75) is 104 Å². The summed E-state index contributed by atoms with van der Waals surface area (Å²) >= 11 is 0. The Morgan fingerprint density at radius 3 is 1.30 bits per heavy atom. The predicted octanol–water partition coefficient (Wildman–Crippen LogP) is 1.71. The normalized spacial score (nSPS) is 15.6. The summed E-state index contributed by atoms with van der Waals surface area (Å²) in [5, 5.41) is 42.4. The van der Waals surface area contributed by atoms with E-state index in [9.17, 15) is 9.59 Å². The topological polar surface area (TPSA) is 181 Å². The van der Waals surface area contributed by atoms with Crippen molar-refractivity contribution in [1.82, 2.24) is 0 Å². The molecule has 0 fully saturated rings. The van der Waals surface area contributed by atoms with Crippen molar-refractivity contribution >= 4 is 11.9 Å². The van der Waals surface area contributed by atoms with Gasteiger partial charge in [-0.15, -0.1) is 0 Å². The lowest BCUT2D eigenvalue weighted by Crippen LogP contribution is -2.25. The van der Waals surface area contributed by atoms with Gasteiger partial charge in [-0.2, -0.15) is 0 Å². The molecule has 0 aromatic rings. The van der Waals surface area contributed by atoms with E-state index in [0.717, 1.165) is 13.0 Å². The fourth-order valence-electron chi connectivity index (χ4n) is 2.01. The van der Waals surface area contributed by atoms with E-state index >= 15 is 0 Å². The van der Waals surface area contributed by atoms with Crippen molar-refractivity contribution in [2.24, 2.45) is 0 Å². The van der Waals surface area contributed by atoms with Gasteiger partial charge in [-0.25, -0.2) is 0 Å². The number of aliphatic carboxylic acids is 2.